The van der Waals surface area contributed by atoms with E-state index in [0.29, 0.717) is 0 Å². The van der Waals surface area contributed by atoms with E-state index in [1.807, 2.05) is 23.1 Å². The van der Waals surface area contributed by atoms with Gasteiger partial charge in [0.2, 0.25) is 0 Å². The van der Waals surface area contributed by atoms with Gasteiger partial charge in [-0.1, -0.05) is 157 Å². The average molecular weight is 772 g/mol. The van der Waals surface area contributed by atoms with Crippen LogP contribution in [0.1, 0.15) is 22.3 Å². The molecule has 0 saturated carbocycles. The van der Waals surface area contributed by atoms with Crippen molar-refractivity contribution in [3.63, 3.8) is 0 Å². The predicted molar refractivity (Wildman–Crippen MR) is 248 cm³/mol. The van der Waals surface area contributed by atoms with Gasteiger partial charge in [-0.15, -0.1) is 11.3 Å². The second-order valence-corrected chi connectivity index (χ2v) is 17.8. The molecule has 0 radical (unpaired) electrons. The van der Waals surface area contributed by atoms with Crippen molar-refractivity contribution in [2.24, 2.45) is 0 Å². The molecule has 1 spiro atoms. The fraction of sp³-hybridized carbons (Fsp3) is 0.0182. The van der Waals surface area contributed by atoms with Gasteiger partial charge in [0.15, 0.2) is 0 Å². The van der Waals surface area contributed by atoms with Crippen molar-refractivity contribution in [1.29, 1.82) is 0 Å². The maximum atomic E-state index is 2.46. The lowest BCUT2D eigenvalue weighted by Crippen LogP contribution is -2.36. The molecule has 1 unspecified atom stereocenters. The summed E-state index contributed by atoms with van der Waals surface area (Å²) in [5.41, 5.74) is 11.0. The summed E-state index contributed by atoms with van der Waals surface area (Å²) >= 11 is 3.79. The first-order valence-corrected chi connectivity index (χ1v) is 21.5. The number of rotatable bonds is 3. The molecule has 270 valence electrons. The van der Waals surface area contributed by atoms with Crippen LogP contribution in [0.4, 0.5) is 17.1 Å². The lowest BCUT2D eigenvalue weighted by molar-refractivity contribution is 0.707. The number of fused-ring (bicyclic) bond motifs is 13. The Morgan fingerprint density at radius 1 is 0.345 bits per heavy atom. The van der Waals surface area contributed by atoms with Gasteiger partial charge in [0.05, 0.1) is 5.41 Å². The molecule has 3 heteroatoms. The van der Waals surface area contributed by atoms with Crippen LogP contribution >= 0.6 is 23.1 Å². The normalized spacial score (nSPS) is 15.2. The Labute approximate surface area is 344 Å². The van der Waals surface area contributed by atoms with Gasteiger partial charge in [0.25, 0.3) is 0 Å². The molecule has 0 amide bonds. The van der Waals surface area contributed by atoms with Gasteiger partial charge in [-0.05, 0) is 120 Å². The lowest BCUT2D eigenvalue weighted by Gasteiger charge is -2.46. The molecule has 1 atom stereocenters. The average Bonchev–Trinajstić information content (AvgIpc) is 3.63. The maximum Gasteiger partial charge on any atom is 0.0735 e. The molecule has 1 nitrogen and oxygen atoms in total. The molecule has 0 fully saturated rings. The highest BCUT2D eigenvalue weighted by Crippen LogP contribution is 2.61. The van der Waals surface area contributed by atoms with E-state index < -0.39 is 5.41 Å². The molecule has 1 aromatic heterocycles. The number of hydrogen-bond acceptors (Lipinski definition) is 3. The molecule has 10 aromatic carbocycles. The highest BCUT2D eigenvalue weighted by atomic mass is 32.2. The second-order valence-electron chi connectivity index (χ2n) is 15.6. The number of hydrogen-bond donors (Lipinski definition) is 0. The Hall–Kier alpha value is -6.65. The van der Waals surface area contributed by atoms with Crippen LogP contribution in [0, 0.1) is 0 Å². The SMILES string of the molecule is c1ccc2c(c1)Sc1cc(N(c3ccc4ccccc4c3)c3ccc4c(c3)sc3cc5ccccc5cc34)ccc1C21c2ccccc2-c2cccc3cccc1c23. The summed E-state index contributed by atoms with van der Waals surface area (Å²) in [6.07, 6.45) is 0. The Morgan fingerprint density at radius 2 is 0.931 bits per heavy atom. The van der Waals surface area contributed by atoms with Gasteiger partial charge in [-0.2, -0.15) is 0 Å². The van der Waals surface area contributed by atoms with Gasteiger partial charge in [-0.3, -0.25) is 0 Å². The Bertz CT molecular complexity index is 3520. The van der Waals surface area contributed by atoms with Gasteiger partial charge in [0.1, 0.15) is 0 Å². The summed E-state index contributed by atoms with van der Waals surface area (Å²) < 4.78 is 2.61. The fourth-order valence-electron chi connectivity index (χ4n) is 10.2. The first-order valence-electron chi connectivity index (χ1n) is 19.9. The number of anilines is 3. The van der Waals surface area contributed by atoms with E-state index in [9.17, 15) is 0 Å². The van der Waals surface area contributed by atoms with E-state index in [4.69, 9.17) is 0 Å². The minimum Gasteiger partial charge on any atom is -0.310 e. The highest BCUT2D eigenvalue weighted by molar-refractivity contribution is 7.99. The van der Waals surface area contributed by atoms with Crippen LogP contribution in [0.2, 0.25) is 0 Å². The van der Waals surface area contributed by atoms with Gasteiger partial charge in [-0.25, -0.2) is 0 Å². The van der Waals surface area contributed by atoms with E-state index in [-0.39, 0.29) is 0 Å². The quantitative estimate of drug-likeness (QED) is 0.176. The Morgan fingerprint density at radius 3 is 1.81 bits per heavy atom. The van der Waals surface area contributed by atoms with Crippen molar-refractivity contribution in [1.82, 2.24) is 0 Å². The first kappa shape index (κ1) is 32.4. The number of nitrogens with zero attached hydrogens (tertiary/aromatic N) is 1. The molecule has 0 bridgehead atoms. The van der Waals surface area contributed by atoms with Crippen LogP contribution in [0.5, 0.6) is 0 Å². The van der Waals surface area contributed by atoms with Crippen LogP contribution in [-0.4, -0.2) is 0 Å². The number of thiophene rings is 1. The summed E-state index contributed by atoms with van der Waals surface area (Å²) in [6.45, 7) is 0. The van der Waals surface area contributed by atoms with Crippen molar-refractivity contribution in [3.05, 3.63) is 222 Å². The molecule has 11 aromatic rings. The predicted octanol–water partition coefficient (Wildman–Crippen LogP) is 15.8. The van der Waals surface area contributed by atoms with Crippen molar-refractivity contribution < 1.29 is 0 Å². The third-order valence-corrected chi connectivity index (χ3v) is 14.9. The molecule has 2 aliphatic rings. The van der Waals surface area contributed by atoms with Crippen LogP contribution < -0.4 is 4.90 Å². The molecule has 1 aliphatic carbocycles. The minimum absolute atomic E-state index is 0.479. The van der Waals surface area contributed by atoms with Gasteiger partial charge in [0, 0.05) is 47.0 Å². The summed E-state index contributed by atoms with van der Waals surface area (Å²) in [5, 5.41) is 10.3. The van der Waals surface area contributed by atoms with Crippen LogP contribution in [0.25, 0.3) is 63.6 Å². The monoisotopic (exact) mass is 771 g/mol. The van der Waals surface area contributed by atoms with Crippen molar-refractivity contribution >= 4 is 92.7 Å². The third-order valence-electron chi connectivity index (χ3n) is 12.6. The van der Waals surface area contributed by atoms with E-state index in [0.717, 1.165) is 17.1 Å². The smallest absolute Gasteiger partial charge is 0.0735 e. The molecule has 13 rings (SSSR count). The summed E-state index contributed by atoms with van der Waals surface area (Å²) in [5.74, 6) is 0. The molecule has 0 saturated heterocycles. The fourth-order valence-corrected chi connectivity index (χ4v) is 12.6. The molecule has 0 N–H and O–H groups in total. The molecule has 2 heterocycles. The summed E-state index contributed by atoms with van der Waals surface area (Å²) in [4.78, 5) is 5.04. The summed E-state index contributed by atoms with van der Waals surface area (Å²) in [6, 6.07) is 75.2. The molecular formula is C55H33NS2. The van der Waals surface area contributed by atoms with Crippen LogP contribution in [-0.2, 0) is 5.41 Å². The van der Waals surface area contributed by atoms with Crippen molar-refractivity contribution in [2.45, 2.75) is 15.2 Å². The zero-order valence-corrected chi connectivity index (χ0v) is 32.9. The zero-order valence-electron chi connectivity index (χ0n) is 31.3. The lowest BCUT2D eigenvalue weighted by atomic mass is 9.59. The van der Waals surface area contributed by atoms with E-state index >= 15 is 0 Å². The van der Waals surface area contributed by atoms with Crippen LogP contribution in [0.3, 0.4) is 0 Å². The summed E-state index contributed by atoms with van der Waals surface area (Å²) in [7, 11) is 0. The van der Waals surface area contributed by atoms with Crippen molar-refractivity contribution in [2.75, 3.05) is 4.90 Å². The van der Waals surface area contributed by atoms with E-state index in [1.54, 1.807) is 0 Å². The maximum absolute atomic E-state index is 2.46. The van der Waals surface area contributed by atoms with Gasteiger partial charge >= 0.3 is 0 Å². The topological polar surface area (TPSA) is 3.24 Å². The second kappa shape index (κ2) is 12.2. The molecule has 1 aliphatic heterocycles. The minimum atomic E-state index is -0.479. The Kier molecular flexibility index (Phi) is 6.81. The first-order chi connectivity index (χ1) is 28.7. The number of benzene rings is 10. The molecule has 58 heavy (non-hydrogen) atoms. The van der Waals surface area contributed by atoms with Crippen LogP contribution in [0.15, 0.2) is 210 Å². The molecular weight excluding hydrogens is 739 g/mol. The van der Waals surface area contributed by atoms with E-state index in [2.05, 4.69) is 205 Å². The third kappa shape index (κ3) is 4.49. The van der Waals surface area contributed by atoms with E-state index in [1.165, 1.54) is 95.7 Å². The zero-order chi connectivity index (χ0) is 38.0. The van der Waals surface area contributed by atoms with Gasteiger partial charge < -0.3 is 4.90 Å². The Balaban J connectivity index is 1.06. The largest absolute Gasteiger partial charge is 0.310 e. The standard InChI is InChI=1S/C55H33NS2/c1-2-12-36-29-39(24-23-34(36)11-1)56(40-25-27-43-45-30-37-13-3-4-14-38(37)31-51(45)58-52(43)32-40)41-26-28-48-53(33-41)57-50-22-8-7-20-47(50)55(48)46-19-6-5-17-42(46)44-18-9-15-35-16-10-21-49(55)54(35)44/h1-33H. The highest BCUT2D eigenvalue weighted by Gasteiger charge is 2.48. The van der Waals surface area contributed by atoms with Crippen molar-refractivity contribution in [3.8, 4) is 11.1 Å².